The normalized spacial score (nSPS) is 11.8. The molecule has 0 saturated heterocycles. The minimum Gasteiger partial charge on any atom is -0.268 e. The fraction of sp³-hybridized carbons (Fsp3) is 0.182. The lowest BCUT2D eigenvalue weighted by Gasteiger charge is -2.13. The van der Waals surface area contributed by atoms with Crippen LogP contribution in [0.4, 0.5) is 17.6 Å². The van der Waals surface area contributed by atoms with Crippen molar-refractivity contribution < 1.29 is 17.6 Å². The molecule has 17 heavy (non-hydrogen) atoms. The highest BCUT2D eigenvalue weighted by Crippen LogP contribution is 2.38. The standard InChI is InChI=1S/C11H8F4N2/c1-17-9(5-6-16-17)10-7(11(13,14)15)3-2-4-8(10)12/h2-6H,1H3. The van der Waals surface area contributed by atoms with E-state index in [1.54, 1.807) is 0 Å². The molecule has 0 bridgehead atoms. The SMILES string of the molecule is Cn1nccc1-c1c(F)cccc1C(F)(F)F. The molecule has 0 unspecified atom stereocenters. The van der Waals surface area contributed by atoms with Gasteiger partial charge in [-0.3, -0.25) is 4.68 Å². The Labute approximate surface area is 94.5 Å². The van der Waals surface area contributed by atoms with E-state index in [2.05, 4.69) is 5.10 Å². The summed E-state index contributed by atoms with van der Waals surface area (Å²) in [4.78, 5) is 0. The van der Waals surface area contributed by atoms with Crippen molar-refractivity contribution in [2.75, 3.05) is 0 Å². The molecule has 1 aromatic carbocycles. The lowest BCUT2D eigenvalue weighted by Crippen LogP contribution is -2.10. The molecule has 0 aliphatic rings. The molecule has 2 rings (SSSR count). The van der Waals surface area contributed by atoms with Gasteiger partial charge < -0.3 is 0 Å². The summed E-state index contributed by atoms with van der Waals surface area (Å²) in [5.74, 6) is -0.913. The molecule has 0 spiro atoms. The Kier molecular flexibility index (Phi) is 2.65. The molecule has 2 nitrogen and oxygen atoms in total. The van der Waals surface area contributed by atoms with E-state index in [0.29, 0.717) is 0 Å². The number of aryl methyl sites for hydroxylation is 1. The van der Waals surface area contributed by atoms with Gasteiger partial charge in [0.15, 0.2) is 0 Å². The third-order valence-electron chi connectivity index (χ3n) is 2.40. The number of hydrogen-bond donors (Lipinski definition) is 0. The van der Waals surface area contributed by atoms with Crippen LogP contribution in [0.25, 0.3) is 11.3 Å². The Morgan fingerprint density at radius 1 is 1.18 bits per heavy atom. The second kappa shape index (κ2) is 3.87. The summed E-state index contributed by atoms with van der Waals surface area (Å²) in [5.41, 5.74) is -1.38. The van der Waals surface area contributed by atoms with Crippen molar-refractivity contribution in [2.24, 2.45) is 7.05 Å². The molecule has 1 aromatic heterocycles. The van der Waals surface area contributed by atoms with Gasteiger partial charge in [0.2, 0.25) is 0 Å². The number of alkyl halides is 3. The van der Waals surface area contributed by atoms with Gasteiger partial charge in [-0.2, -0.15) is 18.3 Å². The first-order valence-corrected chi connectivity index (χ1v) is 4.75. The zero-order valence-electron chi connectivity index (χ0n) is 8.79. The smallest absolute Gasteiger partial charge is 0.268 e. The molecule has 0 radical (unpaired) electrons. The van der Waals surface area contributed by atoms with Crippen molar-refractivity contribution >= 4 is 0 Å². The van der Waals surface area contributed by atoms with Crippen molar-refractivity contribution in [3.8, 4) is 11.3 Å². The Morgan fingerprint density at radius 3 is 2.41 bits per heavy atom. The van der Waals surface area contributed by atoms with Crippen molar-refractivity contribution in [3.63, 3.8) is 0 Å². The van der Waals surface area contributed by atoms with Gasteiger partial charge in [-0.25, -0.2) is 4.39 Å². The first-order valence-electron chi connectivity index (χ1n) is 4.75. The van der Waals surface area contributed by atoms with Crippen LogP contribution in [0.2, 0.25) is 0 Å². The molecule has 0 aliphatic carbocycles. The van der Waals surface area contributed by atoms with E-state index < -0.39 is 23.1 Å². The predicted octanol–water partition coefficient (Wildman–Crippen LogP) is 3.25. The third-order valence-corrected chi connectivity index (χ3v) is 2.40. The molecule has 90 valence electrons. The van der Waals surface area contributed by atoms with Gasteiger partial charge in [-0.05, 0) is 18.2 Å². The van der Waals surface area contributed by atoms with Crippen LogP contribution >= 0.6 is 0 Å². The summed E-state index contributed by atoms with van der Waals surface area (Å²) in [5, 5.41) is 3.74. The fourth-order valence-electron chi connectivity index (χ4n) is 1.64. The van der Waals surface area contributed by atoms with Gasteiger partial charge in [0, 0.05) is 18.8 Å². The Morgan fingerprint density at radius 2 is 1.88 bits per heavy atom. The number of benzene rings is 1. The van der Waals surface area contributed by atoms with Crippen molar-refractivity contribution in [3.05, 3.63) is 41.8 Å². The van der Waals surface area contributed by atoms with E-state index in [0.717, 1.165) is 18.2 Å². The van der Waals surface area contributed by atoms with E-state index in [4.69, 9.17) is 0 Å². The Hall–Kier alpha value is -1.85. The van der Waals surface area contributed by atoms with Gasteiger partial charge >= 0.3 is 6.18 Å². The zero-order valence-corrected chi connectivity index (χ0v) is 8.79. The van der Waals surface area contributed by atoms with Gasteiger partial charge in [0.1, 0.15) is 5.82 Å². The van der Waals surface area contributed by atoms with Crippen molar-refractivity contribution in [1.29, 1.82) is 0 Å². The molecule has 6 heteroatoms. The molecular formula is C11H8F4N2. The van der Waals surface area contributed by atoms with Crippen molar-refractivity contribution in [2.45, 2.75) is 6.18 Å². The van der Waals surface area contributed by atoms with E-state index >= 15 is 0 Å². The van der Waals surface area contributed by atoms with Gasteiger partial charge in [0.25, 0.3) is 0 Å². The molecule has 0 aliphatic heterocycles. The summed E-state index contributed by atoms with van der Waals surface area (Å²) in [6.45, 7) is 0. The molecule has 0 N–H and O–H groups in total. The highest BCUT2D eigenvalue weighted by Gasteiger charge is 2.35. The lowest BCUT2D eigenvalue weighted by molar-refractivity contribution is -0.137. The quantitative estimate of drug-likeness (QED) is 0.704. The second-order valence-corrected chi connectivity index (χ2v) is 3.50. The summed E-state index contributed by atoms with van der Waals surface area (Å²) in [6, 6.07) is 4.23. The molecule has 0 fully saturated rings. The molecule has 0 saturated carbocycles. The number of hydrogen-bond acceptors (Lipinski definition) is 1. The second-order valence-electron chi connectivity index (χ2n) is 3.50. The predicted molar refractivity (Wildman–Crippen MR) is 53.6 cm³/mol. The minimum atomic E-state index is -4.60. The minimum absolute atomic E-state index is 0.0930. The molecule has 1 heterocycles. The van der Waals surface area contributed by atoms with Crippen LogP contribution in [-0.4, -0.2) is 9.78 Å². The molecule has 2 aromatic rings. The maximum absolute atomic E-state index is 13.6. The summed E-state index contributed by atoms with van der Waals surface area (Å²) >= 11 is 0. The maximum atomic E-state index is 13.6. The highest BCUT2D eigenvalue weighted by molar-refractivity contribution is 5.65. The largest absolute Gasteiger partial charge is 0.417 e. The van der Waals surface area contributed by atoms with Crippen LogP contribution < -0.4 is 0 Å². The summed E-state index contributed by atoms with van der Waals surface area (Å²) < 4.78 is 53.1. The molecule has 0 amide bonds. The molecule has 0 atom stereocenters. The Bertz CT molecular complexity index is 543. The first-order chi connectivity index (χ1) is 7.91. The van der Waals surface area contributed by atoms with E-state index in [-0.39, 0.29) is 5.69 Å². The topological polar surface area (TPSA) is 17.8 Å². The number of rotatable bonds is 1. The van der Waals surface area contributed by atoms with Gasteiger partial charge in [-0.1, -0.05) is 6.07 Å². The average Bonchev–Trinajstić information content (AvgIpc) is 2.62. The van der Waals surface area contributed by atoms with E-state index in [9.17, 15) is 17.6 Å². The lowest BCUT2D eigenvalue weighted by atomic mass is 10.0. The van der Waals surface area contributed by atoms with E-state index in [1.165, 1.54) is 24.0 Å². The summed E-state index contributed by atoms with van der Waals surface area (Å²) in [7, 11) is 1.46. The highest BCUT2D eigenvalue weighted by atomic mass is 19.4. The number of aromatic nitrogens is 2. The van der Waals surface area contributed by atoms with E-state index in [1.807, 2.05) is 0 Å². The van der Waals surface area contributed by atoms with Crippen LogP contribution in [0, 0.1) is 5.82 Å². The van der Waals surface area contributed by atoms with Gasteiger partial charge in [-0.15, -0.1) is 0 Å². The molecular weight excluding hydrogens is 236 g/mol. The maximum Gasteiger partial charge on any atom is 0.417 e. The van der Waals surface area contributed by atoms with Gasteiger partial charge in [0.05, 0.1) is 11.3 Å². The summed E-state index contributed by atoms with van der Waals surface area (Å²) in [6.07, 6.45) is -3.27. The average molecular weight is 244 g/mol. The van der Waals surface area contributed by atoms with Crippen LogP contribution in [0.1, 0.15) is 5.56 Å². The third kappa shape index (κ3) is 2.02. The van der Waals surface area contributed by atoms with Crippen molar-refractivity contribution in [1.82, 2.24) is 9.78 Å². The van der Waals surface area contributed by atoms with Crippen LogP contribution in [0.3, 0.4) is 0 Å². The number of halogens is 4. The van der Waals surface area contributed by atoms with Crippen LogP contribution in [-0.2, 0) is 13.2 Å². The number of nitrogens with zero attached hydrogens (tertiary/aromatic N) is 2. The Balaban J connectivity index is 2.73. The van der Waals surface area contributed by atoms with Crippen LogP contribution in [0.15, 0.2) is 30.5 Å². The van der Waals surface area contributed by atoms with Crippen LogP contribution in [0.5, 0.6) is 0 Å². The first kappa shape index (κ1) is 11.6. The fourth-order valence-corrected chi connectivity index (χ4v) is 1.64. The monoisotopic (exact) mass is 244 g/mol. The zero-order chi connectivity index (χ0) is 12.6.